The fourth-order valence-corrected chi connectivity index (χ4v) is 2.15. The molecule has 1 atom stereocenters. The Morgan fingerprint density at radius 3 is 3.21 bits per heavy atom. The first-order valence-electron chi connectivity index (χ1n) is 5.96. The minimum Gasteiger partial charge on any atom is -0.383 e. The van der Waals surface area contributed by atoms with Crippen molar-refractivity contribution in [3.8, 4) is 0 Å². The summed E-state index contributed by atoms with van der Waals surface area (Å²) in [6.45, 7) is 0.958. The van der Waals surface area contributed by atoms with E-state index in [0.717, 1.165) is 15.7 Å². The first-order valence-corrected chi connectivity index (χ1v) is 6.75. The molecule has 1 aliphatic rings. The number of ether oxygens (including phenoxy) is 1. The normalized spacial score (nSPS) is 17.8. The second kappa shape index (κ2) is 6.68. The zero-order valence-corrected chi connectivity index (χ0v) is 12.1. The zero-order chi connectivity index (χ0) is 13.7. The van der Waals surface area contributed by atoms with Crippen LogP contribution in [0.5, 0.6) is 0 Å². The number of amides is 1. The monoisotopic (exact) mass is 326 g/mol. The molecule has 102 valence electrons. The van der Waals surface area contributed by atoms with E-state index in [1.807, 2.05) is 24.3 Å². The van der Waals surface area contributed by atoms with Gasteiger partial charge in [-0.25, -0.2) is 0 Å². The average Bonchev–Trinajstić information content (AvgIpc) is 2.88. The Kier molecular flexibility index (Phi) is 4.93. The van der Waals surface area contributed by atoms with E-state index in [1.165, 1.54) is 0 Å². The lowest BCUT2D eigenvalue weighted by Crippen LogP contribution is -2.36. The van der Waals surface area contributed by atoms with Crippen molar-refractivity contribution < 1.29 is 14.4 Å². The van der Waals surface area contributed by atoms with Crippen molar-refractivity contribution in [1.29, 1.82) is 0 Å². The van der Waals surface area contributed by atoms with Crippen molar-refractivity contribution in [1.82, 2.24) is 5.32 Å². The Bertz CT molecular complexity index is 491. The third kappa shape index (κ3) is 3.78. The van der Waals surface area contributed by atoms with Crippen LogP contribution in [-0.4, -0.2) is 38.0 Å². The van der Waals surface area contributed by atoms with Gasteiger partial charge in [-0.15, -0.1) is 0 Å². The minimum absolute atomic E-state index is 0.161. The molecule has 1 heterocycles. The molecule has 5 nitrogen and oxygen atoms in total. The van der Waals surface area contributed by atoms with Crippen LogP contribution in [0.3, 0.4) is 0 Å². The lowest BCUT2D eigenvalue weighted by molar-refractivity contribution is -0.131. The van der Waals surface area contributed by atoms with Crippen LogP contribution in [0, 0.1) is 0 Å². The maximum Gasteiger partial charge on any atom is 0.264 e. The number of hydrogen-bond acceptors (Lipinski definition) is 4. The largest absolute Gasteiger partial charge is 0.383 e. The molecule has 0 bridgehead atoms. The van der Waals surface area contributed by atoms with Crippen molar-refractivity contribution in [3.63, 3.8) is 0 Å². The van der Waals surface area contributed by atoms with Crippen LogP contribution in [-0.2, 0) is 14.4 Å². The van der Waals surface area contributed by atoms with E-state index in [-0.39, 0.29) is 5.91 Å². The highest BCUT2D eigenvalue weighted by Gasteiger charge is 2.28. The molecule has 0 radical (unpaired) electrons. The molecule has 0 saturated carbocycles. The van der Waals surface area contributed by atoms with Crippen molar-refractivity contribution in [2.45, 2.75) is 12.5 Å². The van der Waals surface area contributed by atoms with Crippen LogP contribution in [0.25, 0.3) is 0 Å². The number of benzene rings is 1. The number of carbonyl (C=O) groups excluding carboxylic acids is 1. The van der Waals surface area contributed by atoms with Gasteiger partial charge in [0.1, 0.15) is 0 Å². The van der Waals surface area contributed by atoms with Gasteiger partial charge in [0.05, 0.1) is 12.3 Å². The predicted octanol–water partition coefficient (Wildman–Crippen LogP) is 1.70. The predicted molar refractivity (Wildman–Crippen MR) is 75.1 cm³/mol. The molecule has 19 heavy (non-hydrogen) atoms. The summed E-state index contributed by atoms with van der Waals surface area (Å²) in [4.78, 5) is 17.0. The Morgan fingerprint density at radius 1 is 1.63 bits per heavy atom. The van der Waals surface area contributed by atoms with Gasteiger partial charge in [0.2, 0.25) is 6.10 Å². The molecule has 1 aromatic carbocycles. The van der Waals surface area contributed by atoms with Gasteiger partial charge in [-0.05, 0) is 12.1 Å². The van der Waals surface area contributed by atoms with Gasteiger partial charge in [0.15, 0.2) is 0 Å². The van der Waals surface area contributed by atoms with E-state index >= 15 is 0 Å². The summed E-state index contributed by atoms with van der Waals surface area (Å²) in [5.74, 6) is -0.161. The number of oxime groups is 1. The molecule has 1 N–H and O–H groups in total. The van der Waals surface area contributed by atoms with Crippen LogP contribution in [0.2, 0.25) is 0 Å². The van der Waals surface area contributed by atoms with Crippen molar-refractivity contribution in [2.75, 3.05) is 20.3 Å². The fraction of sp³-hybridized carbons (Fsp3) is 0.385. The first kappa shape index (κ1) is 14.0. The highest BCUT2D eigenvalue weighted by molar-refractivity contribution is 9.10. The minimum atomic E-state index is -0.550. The third-order valence-corrected chi connectivity index (χ3v) is 3.22. The van der Waals surface area contributed by atoms with Gasteiger partial charge in [-0.3, -0.25) is 4.79 Å². The van der Waals surface area contributed by atoms with Gasteiger partial charge in [-0.2, -0.15) is 0 Å². The molecule has 1 amide bonds. The summed E-state index contributed by atoms with van der Waals surface area (Å²) in [5, 5.41) is 6.72. The van der Waals surface area contributed by atoms with Gasteiger partial charge in [0, 0.05) is 30.1 Å². The van der Waals surface area contributed by atoms with E-state index in [0.29, 0.717) is 19.6 Å². The van der Waals surface area contributed by atoms with E-state index in [1.54, 1.807) is 7.11 Å². The van der Waals surface area contributed by atoms with Crippen LogP contribution in [0.4, 0.5) is 0 Å². The van der Waals surface area contributed by atoms with E-state index < -0.39 is 6.10 Å². The summed E-state index contributed by atoms with van der Waals surface area (Å²) < 4.78 is 5.84. The Morgan fingerprint density at radius 2 is 2.47 bits per heavy atom. The highest BCUT2D eigenvalue weighted by Crippen LogP contribution is 2.19. The van der Waals surface area contributed by atoms with Crippen molar-refractivity contribution in [3.05, 3.63) is 34.3 Å². The summed E-state index contributed by atoms with van der Waals surface area (Å²) >= 11 is 3.41. The lowest BCUT2D eigenvalue weighted by atomic mass is 10.0. The summed E-state index contributed by atoms with van der Waals surface area (Å²) in [6.07, 6.45) is -0.0687. The number of rotatable bonds is 5. The molecule has 0 spiro atoms. The van der Waals surface area contributed by atoms with E-state index in [4.69, 9.17) is 9.57 Å². The number of nitrogens with zero attached hydrogens (tertiary/aromatic N) is 1. The number of nitrogens with one attached hydrogen (secondary N) is 1. The van der Waals surface area contributed by atoms with E-state index in [9.17, 15) is 4.79 Å². The highest BCUT2D eigenvalue weighted by atomic mass is 79.9. The van der Waals surface area contributed by atoms with Gasteiger partial charge in [0.25, 0.3) is 5.91 Å². The molecular formula is C13H15BrN2O3. The molecule has 0 aromatic heterocycles. The molecule has 0 aliphatic carbocycles. The van der Waals surface area contributed by atoms with Crippen molar-refractivity contribution in [2.24, 2.45) is 5.16 Å². The second-order valence-corrected chi connectivity index (χ2v) is 5.05. The van der Waals surface area contributed by atoms with Crippen LogP contribution < -0.4 is 5.32 Å². The topological polar surface area (TPSA) is 59.9 Å². The lowest BCUT2D eigenvalue weighted by Gasteiger charge is -2.08. The van der Waals surface area contributed by atoms with E-state index in [2.05, 4.69) is 26.4 Å². The standard InChI is InChI=1S/C13H15BrN2O3/c1-18-6-5-15-13(17)12-8-11(16-19-12)9-3-2-4-10(14)7-9/h2-4,7,12H,5-6,8H2,1H3,(H,15,17). The Labute approximate surface area is 120 Å². The summed E-state index contributed by atoms with van der Waals surface area (Å²) in [5.41, 5.74) is 1.75. The molecule has 2 rings (SSSR count). The van der Waals surface area contributed by atoms with Crippen LogP contribution in [0.1, 0.15) is 12.0 Å². The maximum atomic E-state index is 11.8. The average molecular weight is 327 g/mol. The third-order valence-electron chi connectivity index (χ3n) is 2.72. The van der Waals surface area contributed by atoms with Gasteiger partial charge in [-0.1, -0.05) is 33.2 Å². The van der Waals surface area contributed by atoms with Crippen LogP contribution in [0.15, 0.2) is 33.9 Å². The summed E-state index contributed by atoms with van der Waals surface area (Å²) in [7, 11) is 1.59. The number of halogens is 1. The number of methoxy groups -OCH3 is 1. The molecule has 0 fully saturated rings. The molecule has 6 heteroatoms. The maximum absolute atomic E-state index is 11.8. The molecular weight excluding hydrogens is 312 g/mol. The number of carbonyl (C=O) groups is 1. The SMILES string of the molecule is COCCNC(=O)C1CC(c2cccc(Br)c2)=NO1. The van der Waals surface area contributed by atoms with Crippen LogP contribution >= 0.6 is 15.9 Å². The molecule has 0 saturated heterocycles. The number of hydrogen-bond donors (Lipinski definition) is 1. The zero-order valence-electron chi connectivity index (χ0n) is 10.6. The second-order valence-electron chi connectivity index (χ2n) is 4.13. The molecule has 1 aromatic rings. The summed E-state index contributed by atoms with van der Waals surface area (Å²) in [6, 6.07) is 7.76. The van der Waals surface area contributed by atoms with Gasteiger partial charge >= 0.3 is 0 Å². The Balaban J connectivity index is 1.90. The Hall–Kier alpha value is -1.40. The first-order chi connectivity index (χ1) is 9.20. The smallest absolute Gasteiger partial charge is 0.264 e. The van der Waals surface area contributed by atoms with Crippen molar-refractivity contribution >= 4 is 27.5 Å². The van der Waals surface area contributed by atoms with Gasteiger partial charge < -0.3 is 14.9 Å². The fourth-order valence-electron chi connectivity index (χ4n) is 1.75. The quantitative estimate of drug-likeness (QED) is 0.838. The molecule has 1 unspecified atom stereocenters. The molecule has 1 aliphatic heterocycles.